The Balaban J connectivity index is 3.03. The van der Waals surface area contributed by atoms with E-state index in [0.29, 0.717) is 0 Å². The van der Waals surface area contributed by atoms with Gasteiger partial charge in [-0.3, -0.25) is 0 Å². The van der Waals surface area contributed by atoms with Gasteiger partial charge in [-0.25, -0.2) is 0 Å². The fourth-order valence-corrected chi connectivity index (χ4v) is 2.51. The highest BCUT2D eigenvalue weighted by atomic mass is 16.3. The minimum Gasteiger partial charge on any atom is -0.390 e. The molecule has 0 aliphatic rings. The number of hydrogen-bond acceptors (Lipinski definition) is 2. The van der Waals surface area contributed by atoms with Crippen molar-refractivity contribution in [3.63, 3.8) is 0 Å². The number of aliphatic hydroxyl groups excluding tert-OH is 2. The zero-order valence-corrected chi connectivity index (χ0v) is 12.2. The lowest BCUT2D eigenvalue weighted by Crippen LogP contribution is -2.27. The molecule has 0 bridgehead atoms. The van der Waals surface area contributed by atoms with Gasteiger partial charge in [-0.05, 0) is 48.9 Å². The van der Waals surface area contributed by atoms with Crippen molar-refractivity contribution in [1.82, 2.24) is 0 Å². The predicted molar refractivity (Wildman–Crippen MR) is 75.7 cm³/mol. The lowest BCUT2D eigenvalue weighted by Gasteiger charge is -2.26. The third-order valence-electron chi connectivity index (χ3n) is 4.06. The molecule has 0 radical (unpaired) electrons. The van der Waals surface area contributed by atoms with E-state index in [1.807, 2.05) is 19.9 Å². The van der Waals surface area contributed by atoms with Crippen LogP contribution in [0.2, 0.25) is 0 Å². The summed E-state index contributed by atoms with van der Waals surface area (Å²) < 4.78 is 0. The number of benzene rings is 1. The first-order valence-corrected chi connectivity index (χ1v) is 6.86. The Morgan fingerprint density at radius 2 is 1.39 bits per heavy atom. The molecule has 102 valence electrons. The third-order valence-corrected chi connectivity index (χ3v) is 4.06. The maximum Gasteiger partial charge on any atom is 0.105 e. The second kappa shape index (κ2) is 6.35. The second-order valence-corrected chi connectivity index (χ2v) is 5.31. The number of aliphatic hydroxyl groups is 2. The molecule has 2 atom stereocenters. The van der Waals surface area contributed by atoms with Gasteiger partial charge in [0.15, 0.2) is 0 Å². The van der Waals surface area contributed by atoms with Gasteiger partial charge < -0.3 is 10.2 Å². The fraction of sp³-hybridized carbons (Fsp3) is 0.625. The normalized spacial score (nSPS) is 14.9. The molecule has 0 saturated heterocycles. The fourth-order valence-electron chi connectivity index (χ4n) is 2.51. The molecule has 1 rings (SSSR count). The minimum absolute atomic E-state index is 0.154. The smallest absolute Gasteiger partial charge is 0.105 e. The molecule has 2 N–H and O–H groups in total. The van der Waals surface area contributed by atoms with Crippen LogP contribution in [-0.2, 0) is 0 Å². The summed E-state index contributed by atoms with van der Waals surface area (Å²) in [6.07, 6.45) is 0.312. The van der Waals surface area contributed by atoms with Crippen LogP contribution in [0.15, 0.2) is 12.1 Å². The number of aryl methyl sites for hydroxylation is 3. The Morgan fingerprint density at radius 1 is 0.889 bits per heavy atom. The van der Waals surface area contributed by atoms with Gasteiger partial charge in [0.25, 0.3) is 0 Å². The molecule has 0 aliphatic heterocycles. The molecule has 0 aromatic heterocycles. The molecule has 0 saturated carbocycles. The Bertz CT molecular complexity index is 394. The molecule has 0 amide bonds. The molecular formula is C16H26O2. The quantitative estimate of drug-likeness (QED) is 0.840. The van der Waals surface area contributed by atoms with Crippen LogP contribution < -0.4 is 0 Å². The summed E-state index contributed by atoms with van der Waals surface area (Å²) in [5.41, 5.74) is 4.29. The van der Waals surface area contributed by atoms with Crippen LogP contribution in [0.4, 0.5) is 0 Å². The van der Waals surface area contributed by atoms with Crippen LogP contribution in [0.1, 0.15) is 55.0 Å². The van der Waals surface area contributed by atoms with E-state index in [-0.39, 0.29) is 5.92 Å². The van der Waals surface area contributed by atoms with Crippen molar-refractivity contribution in [1.29, 1.82) is 0 Å². The van der Waals surface area contributed by atoms with Gasteiger partial charge in [0.1, 0.15) is 6.10 Å². The summed E-state index contributed by atoms with van der Waals surface area (Å²) in [5, 5.41) is 20.6. The van der Waals surface area contributed by atoms with Crippen LogP contribution in [0, 0.1) is 26.7 Å². The molecule has 0 spiro atoms. The van der Waals surface area contributed by atoms with Gasteiger partial charge in [-0.1, -0.05) is 38.8 Å². The van der Waals surface area contributed by atoms with Crippen molar-refractivity contribution in [3.8, 4) is 0 Å². The van der Waals surface area contributed by atoms with Crippen molar-refractivity contribution >= 4 is 0 Å². The molecule has 2 nitrogen and oxygen atoms in total. The number of rotatable bonds is 5. The molecule has 2 heteroatoms. The molecule has 1 aromatic carbocycles. The zero-order chi connectivity index (χ0) is 13.9. The van der Waals surface area contributed by atoms with Gasteiger partial charge in [-0.15, -0.1) is 0 Å². The second-order valence-electron chi connectivity index (χ2n) is 5.31. The van der Waals surface area contributed by atoms with Gasteiger partial charge in [0.2, 0.25) is 0 Å². The van der Waals surface area contributed by atoms with E-state index < -0.39 is 12.2 Å². The van der Waals surface area contributed by atoms with Crippen molar-refractivity contribution < 1.29 is 10.2 Å². The highest BCUT2D eigenvalue weighted by molar-refractivity contribution is 5.38. The highest BCUT2D eigenvalue weighted by Gasteiger charge is 2.26. The van der Waals surface area contributed by atoms with Crippen LogP contribution in [0.3, 0.4) is 0 Å². The van der Waals surface area contributed by atoms with Gasteiger partial charge >= 0.3 is 0 Å². The van der Waals surface area contributed by atoms with E-state index in [0.717, 1.165) is 29.5 Å². The van der Waals surface area contributed by atoms with Crippen molar-refractivity contribution in [2.24, 2.45) is 5.92 Å². The Labute approximate surface area is 111 Å². The monoisotopic (exact) mass is 250 g/mol. The average Bonchev–Trinajstić information content (AvgIpc) is 2.34. The largest absolute Gasteiger partial charge is 0.390 e. The first kappa shape index (κ1) is 15.2. The van der Waals surface area contributed by atoms with Crippen molar-refractivity contribution in [2.45, 2.75) is 59.7 Å². The summed E-state index contributed by atoms with van der Waals surface area (Å²) in [5.74, 6) is 0.154. The maximum absolute atomic E-state index is 10.4. The zero-order valence-electron chi connectivity index (χ0n) is 12.2. The summed E-state index contributed by atoms with van der Waals surface area (Å²) in [4.78, 5) is 0. The molecule has 0 aliphatic carbocycles. The van der Waals surface area contributed by atoms with E-state index in [4.69, 9.17) is 0 Å². The minimum atomic E-state index is -0.783. The molecular weight excluding hydrogens is 224 g/mol. The topological polar surface area (TPSA) is 40.5 Å². The van der Waals surface area contributed by atoms with Crippen LogP contribution >= 0.6 is 0 Å². The van der Waals surface area contributed by atoms with Gasteiger partial charge in [-0.2, -0.15) is 0 Å². The van der Waals surface area contributed by atoms with Gasteiger partial charge in [0.05, 0.1) is 6.10 Å². The maximum atomic E-state index is 10.4. The third kappa shape index (κ3) is 3.12. The summed E-state index contributed by atoms with van der Waals surface area (Å²) in [6, 6.07) is 4.08. The van der Waals surface area contributed by atoms with Gasteiger partial charge in [0, 0.05) is 0 Å². The summed E-state index contributed by atoms with van der Waals surface area (Å²) in [7, 11) is 0. The molecule has 0 heterocycles. The van der Waals surface area contributed by atoms with Crippen LogP contribution in [-0.4, -0.2) is 16.3 Å². The van der Waals surface area contributed by atoms with E-state index in [9.17, 15) is 10.2 Å². The average molecular weight is 250 g/mol. The predicted octanol–water partition coefficient (Wildman–Crippen LogP) is 3.44. The standard InChI is InChI=1S/C16H26O2/c1-6-13(7-2)15(17)16(18)14-9-11(4)10(3)8-12(14)5/h8-9,13,15-18H,6-7H2,1-5H3. The van der Waals surface area contributed by atoms with E-state index in [1.54, 1.807) is 0 Å². The van der Waals surface area contributed by atoms with Crippen molar-refractivity contribution in [3.05, 3.63) is 34.4 Å². The number of hydrogen-bond donors (Lipinski definition) is 2. The van der Waals surface area contributed by atoms with Crippen LogP contribution in [0.25, 0.3) is 0 Å². The highest BCUT2D eigenvalue weighted by Crippen LogP contribution is 2.29. The first-order chi connectivity index (χ1) is 8.42. The van der Waals surface area contributed by atoms with Crippen molar-refractivity contribution in [2.75, 3.05) is 0 Å². The summed E-state index contributed by atoms with van der Waals surface area (Å²) in [6.45, 7) is 10.2. The molecule has 1 aromatic rings. The Hall–Kier alpha value is -0.860. The SMILES string of the molecule is CCC(CC)C(O)C(O)c1cc(C)c(C)cc1C. The lowest BCUT2D eigenvalue weighted by molar-refractivity contribution is -0.0212. The Morgan fingerprint density at radius 3 is 1.89 bits per heavy atom. The van der Waals surface area contributed by atoms with E-state index in [1.165, 1.54) is 5.56 Å². The molecule has 2 unspecified atom stereocenters. The Kier molecular flexibility index (Phi) is 5.36. The van der Waals surface area contributed by atoms with E-state index in [2.05, 4.69) is 26.8 Å². The first-order valence-electron chi connectivity index (χ1n) is 6.86. The van der Waals surface area contributed by atoms with Crippen LogP contribution in [0.5, 0.6) is 0 Å². The summed E-state index contributed by atoms with van der Waals surface area (Å²) >= 11 is 0. The lowest BCUT2D eigenvalue weighted by atomic mass is 9.87. The van der Waals surface area contributed by atoms with E-state index >= 15 is 0 Å². The molecule has 0 fully saturated rings. The molecule has 18 heavy (non-hydrogen) atoms.